The van der Waals surface area contributed by atoms with Crippen LogP contribution < -0.4 is 10.6 Å². The Morgan fingerprint density at radius 2 is 1.79 bits per heavy atom. The average Bonchev–Trinajstić information content (AvgIpc) is 3.06. The van der Waals surface area contributed by atoms with Gasteiger partial charge in [-0.1, -0.05) is 30.3 Å². The SMILES string of the molecule is CN(C)CCN1C(=O)c2ccc(Nc3nccc(NCC(O)c4ccccc4)n3)cc2C1=O. The standard InChI is InChI=1S/C24H26N6O3/c1-29(2)12-13-30-22(32)18-9-8-17(14-19(18)23(30)33)27-24-25-11-10-21(28-24)26-15-20(31)16-6-4-3-5-7-16/h3-11,14,20,31H,12-13,15H2,1-2H3,(H2,25,26,27,28). The first-order valence-corrected chi connectivity index (χ1v) is 10.6. The molecule has 0 aliphatic carbocycles. The van der Waals surface area contributed by atoms with Crippen LogP contribution in [0.1, 0.15) is 32.4 Å². The molecule has 1 aliphatic rings. The number of rotatable bonds is 9. The van der Waals surface area contributed by atoms with Crippen LogP contribution in [0, 0.1) is 0 Å². The molecule has 3 aromatic rings. The molecule has 0 fully saturated rings. The van der Waals surface area contributed by atoms with Crippen molar-refractivity contribution in [2.24, 2.45) is 0 Å². The quantitative estimate of drug-likeness (QED) is 0.430. The molecule has 9 heteroatoms. The highest BCUT2D eigenvalue weighted by Gasteiger charge is 2.35. The number of hydrogen-bond donors (Lipinski definition) is 3. The number of carbonyl (C=O) groups is 2. The molecule has 2 aromatic carbocycles. The number of benzene rings is 2. The molecule has 9 nitrogen and oxygen atoms in total. The fourth-order valence-electron chi connectivity index (χ4n) is 3.51. The number of aliphatic hydroxyl groups excluding tert-OH is 1. The van der Waals surface area contributed by atoms with E-state index in [2.05, 4.69) is 20.6 Å². The van der Waals surface area contributed by atoms with Crippen molar-refractivity contribution in [3.63, 3.8) is 0 Å². The number of hydrogen-bond acceptors (Lipinski definition) is 8. The number of aromatic nitrogens is 2. The first-order valence-electron chi connectivity index (χ1n) is 10.6. The van der Waals surface area contributed by atoms with E-state index in [1.807, 2.05) is 49.3 Å². The number of carbonyl (C=O) groups excluding carboxylic acids is 2. The number of fused-ring (bicyclic) bond motifs is 1. The Kier molecular flexibility index (Phi) is 6.62. The Morgan fingerprint density at radius 3 is 2.55 bits per heavy atom. The van der Waals surface area contributed by atoms with Crippen molar-refractivity contribution >= 4 is 29.3 Å². The van der Waals surface area contributed by atoms with Crippen LogP contribution in [-0.2, 0) is 0 Å². The van der Waals surface area contributed by atoms with E-state index in [9.17, 15) is 14.7 Å². The van der Waals surface area contributed by atoms with Crippen LogP contribution >= 0.6 is 0 Å². The molecule has 0 saturated heterocycles. The highest BCUT2D eigenvalue weighted by atomic mass is 16.3. The van der Waals surface area contributed by atoms with Crippen molar-refractivity contribution in [2.45, 2.75) is 6.10 Å². The molecule has 1 aliphatic heterocycles. The Bertz CT molecular complexity index is 1150. The van der Waals surface area contributed by atoms with E-state index in [4.69, 9.17) is 0 Å². The molecule has 33 heavy (non-hydrogen) atoms. The van der Waals surface area contributed by atoms with Crippen molar-refractivity contribution in [3.05, 3.63) is 77.5 Å². The summed E-state index contributed by atoms with van der Waals surface area (Å²) >= 11 is 0. The Balaban J connectivity index is 1.42. The molecule has 3 N–H and O–H groups in total. The van der Waals surface area contributed by atoms with Gasteiger partial charge in [-0.3, -0.25) is 14.5 Å². The van der Waals surface area contributed by atoms with Crippen molar-refractivity contribution in [1.82, 2.24) is 19.8 Å². The summed E-state index contributed by atoms with van der Waals surface area (Å²) in [5.74, 6) is 0.301. The van der Waals surface area contributed by atoms with Gasteiger partial charge in [0.25, 0.3) is 11.8 Å². The molecule has 1 aromatic heterocycles. The third-order valence-electron chi connectivity index (χ3n) is 5.31. The zero-order valence-electron chi connectivity index (χ0n) is 18.5. The Morgan fingerprint density at radius 1 is 1.03 bits per heavy atom. The summed E-state index contributed by atoms with van der Waals surface area (Å²) in [6, 6.07) is 16.1. The summed E-state index contributed by atoms with van der Waals surface area (Å²) in [4.78, 5) is 37.1. The van der Waals surface area contributed by atoms with Crippen LogP contribution in [0.15, 0.2) is 60.8 Å². The number of amides is 2. The molecule has 1 unspecified atom stereocenters. The molecular weight excluding hydrogens is 420 g/mol. The second-order valence-corrected chi connectivity index (χ2v) is 8.02. The fourth-order valence-corrected chi connectivity index (χ4v) is 3.51. The first kappa shape index (κ1) is 22.4. The summed E-state index contributed by atoms with van der Waals surface area (Å²) < 4.78 is 0. The highest BCUT2D eigenvalue weighted by Crippen LogP contribution is 2.27. The molecule has 2 amide bonds. The lowest BCUT2D eigenvalue weighted by Crippen LogP contribution is -2.35. The van der Waals surface area contributed by atoms with Gasteiger partial charge in [0, 0.05) is 31.5 Å². The van der Waals surface area contributed by atoms with E-state index < -0.39 is 6.10 Å². The molecular formula is C24H26N6O3. The van der Waals surface area contributed by atoms with E-state index in [0.29, 0.717) is 48.2 Å². The van der Waals surface area contributed by atoms with Gasteiger partial charge in [0.2, 0.25) is 5.95 Å². The van der Waals surface area contributed by atoms with E-state index in [-0.39, 0.29) is 11.8 Å². The largest absolute Gasteiger partial charge is 0.387 e. The zero-order chi connectivity index (χ0) is 23.4. The van der Waals surface area contributed by atoms with Crippen LogP contribution in [0.5, 0.6) is 0 Å². The molecule has 4 rings (SSSR count). The molecule has 0 spiro atoms. The predicted octanol–water partition coefficient (Wildman–Crippen LogP) is 2.52. The number of likely N-dealkylation sites (N-methyl/N-ethyl adjacent to an activating group) is 1. The number of nitrogens with zero attached hydrogens (tertiary/aromatic N) is 4. The fraction of sp³-hybridized carbons (Fsp3) is 0.250. The number of imide groups is 1. The van der Waals surface area contributed by atoms with Gasteiger partial charge in [0.15, 0.2) is 0 Å². The lowest BCUT2D eigenvalue weighted by atomic mass is 10.1. The maximum absolute atomic E-state index is 12.7. The third-order valence-corrected chi connectivity index (χ3v) is 5.31. The predicted molar refractivity (Wildman–Crippen MR) is 126 cm³/mol. The van der Waals surface area contributed by atoms with Gasteiger partial charge in [0.1, 0.15) is 5.82 Å². The minimum Gasteiger partial charge on any atom is -0.387 e. The van der Waals surface area contributed by atoms with Gasteiger partial charge in [-0.2, -0.15) is 4.98 Å². The minimum atomic E-state index is -0.673. The van der Waals surface area contributed by atoms with Crippen molar-refractivity contribution in [3.8, 4) is 0 Å². The lowest BCUT2D eigenvalue weighted by Gasteiger charge is -2.16. The summed E-state index contributed by atoms with van der Waals surface area (Å²) in [5, 5.41) is 16.5. The molecule has 0 radical (unpaired) electrons. The van der Waals surface area contributed by atoms with Gasteiger partial charge in [-0.25, -0.2) is 4.98 Å². The molecule has 170 valence electrons. The van der Waals surface area contributed by atoms with Crippen LogP contribution in [0.25, 0.3) is 0 Å². The number of nitrogens with one attached hydrogen (secondary N) is 2. The van der Waals surface area contributed by atoms with Gasteiger partial charge < -0.3 is 20.6 Å². The summed E-state index contributed by atoms with van der Waals surface area (Å²) in [6.45, 7) is 1.23. The van der Waals surface area contributed by atoms with Crippen LogP contribution in [0.2, 0.25) is 0 Å². The normalized spacial score (nSPS) is 13.9. The summed E-state index contributed by atoms with van der Waals surface area (Å²) in [7, 11) is 3.79. The van der Waals surface area contributed by atoms with Crippen LogP contribution in [0.3, 0.4) is 0 Å². The molecule has 1 atom stereocenters. The van der Waals surface area contributed by atoms with Gasteiger partial charge >= 0.3 is 0 Å². The Labute approximate surface area is 192 Å². The van der Waals surface area contributed by atoms with E-state index in [1.54, 1.807) is 30.5 Å². The van der Waals surface area contributed by atoms with E-state index in [0.717, 1.165) is 5.56 Å². The molecule has 0 bridgehead atoms. The number of aliphatic hydroxyl groups is 1. The second-order valence-electron chi connectivity index (χ2n) is 8.02. The number of anilines is 3. The van der Waals surface area contributed by atoms with E-state index >= 15 is 0 Å². The van der Waals surface area contributed by atoms with Crippen molar-refractivity contribution in [1.29, 1.82) is 0 Å². The molecule has 0 saturated carbocycles. The maximum atomic E-state index is 12.7. The minimum absolute atomic E-state index is 0.275. The highest BCUT2D eigenvalue weighted by molar-refractivity contribution is 6.21. The second kappa shape index (κ2) is 9.76. The lowest BCUT2D eigenvalue weighted by molar-refractivity contribution is 0.0645. The zero-order valence-corrected chi connectivity index (χ0v) is 18.5. The van der Waals surface area contributed by atoms with Gasteiger partial charge in [-0.15, -0.1) is 0 Å². The molecule has 2 heterocycles. The summed E-state index contributed by atoms with van der Waals surface area (Å²) in [6.07, 6.45) is 0.922. The third kappa shape index (κ3) is 5.16. The van der Waals surface area contributed by atoms with Crippen LogP contribution in [0.4, 0.5) is 17.5 Å². The Hall–Kier alpha value is -3.82. The summed E-state index contributed by atoms with van der Waals surface area (Å²) in [5.41, 5.74) is 2.18. The maximum Gasteiger partial charge on any atom is 0.261 e. The van der Waals surface area contributed by atoms with Gasteiger partial charge in [-0.05, 0) is 43.9 Å². The monoisotopic (exact) mass is 446 g/mol. The van der Waals surface area contributed by atoms with Crippen molar-refractivity contribution < 1.29 is 14.7 Å². The smallest absolute Gasteiger partial charge is 0.261 e. The van der Waals surface area contributed by atoms with E-state index in [1.165, 1.54) is 4.90 Å². The van der Waals surface area contributed by atoms with Gasteiger partial charge in [0.05, 0.1) is 17.2 Å². The first-order chi connectivity index (χ1) is 15.9. The van der Waals surface area contributed by atoms with Crippen molar-refractivity contribution in [2.75, 3.05) is 44.4 Å². The topological polar surface area (TPSA) is 111 Å². The average molecular weight is 447 g/mol. The van der Waals surface area contributed by atoms with Crippen LogP contribution in [-0.4, -0.2) is 70.4 Å².